The minimum absolute atomic E-state index is 0.754. The average Bonchev–Trinajstić information content (AvgIpc) is 3.16. The lowest BCUT2D eigenvalue weighted by atomic mass is 9.88. The van der Waals surface area contributed by atoms with E-state index < -0.39 is 179 Å². The number of aliphatic hydroxyl groups excluding tert-OH is 13. The Bertz CT molecular complexity index is 1350. The van der Waals surface area contributed by atoms with Gasteiger partial charge in [0.05, 0.1) is 38.6 Å². The van der Waals surface area contributed by atoms with Crippen LogP contribution in [0, 0.1) is 0 Å². The van der Waals surface area contributed by atoms with Crippen LogP contribution in [-0.4, -0.2) is 244 Å². The van der Waals surface area contributed by atoms with Crippen molar-refractivity contribution in [3.05, 3.63) is 0 Å². The number of hydrogen-bond donors (Lipinski definition) is 16. The van der Waals surface area contributed by atoms with E-state index in [0.717, 1.165) is 13.8 Å². The third-order valence-corrected chi connectivity index (χ3v) is 9.98. The van der Waals surface area contributed by atoms with Crippen LogP contribution in [0.3, 0.4) is 0 Å². The van der Waals surface area contributed by atoms with E-state index in [1.54, 1.807) is 0 Å². The number of aliphatic carboxylic acids is 1. The van der Waals surface area contributed by atoms with Crippen LogP contribution in [0.25, 0.3) is 0 Å². The second-order valence-electron chi connectivity index (χ2n) is 14.1. The highest BCUT2D eigenvalue weighted by Gasteiger charge is 2.58. The molecule has 26 heteroatoms. The number of carbonyl (C=O) groups is 3. The molecule has 0 unspecified atom stereocenters. The summed E-state index contributed by atoms with van der Waals surface area (Å²) in [4.78, 5) is 36.6. The highest BCUT2D eigenvalue weighted by Crippen LogP contribution is 2.36. The molecule has 26 nitrogen and oxygen atoms in total. The molecule has 0 radical (unpaired) electrons. The van der Waals surface area contributed by atoms with E-state index in [-0.39, 0.29) is 0 Å². The van der Waals surface area contributed by atoms with Crippen molar-refractivity contribution in [2.24, 2.45) is 0 Å². The van der Waals surface area contributed by atoms with E-state index in [1.165, 1.54) is 0 Å². The van der Waals surface area contributed by atoms with Crippen LogP contribution in [0.5, 0.6) is 0 Å². The summed E-state index contributed by atoms with van der Waals surface area (Å²) in [6.45, 7) is -1.83. The number of carboxylic acids is 1. The fourth-order valence-electron chi connectivity index (χ4n) is 6.93. The van der Waals surface area contributed by atoms with Gasteiger partial charge in [0.1, 0.15) is 91.5 Å². The molecular formula is C31H52N2O24. The van der Waals surface area contributed by atoms with Gasteiger partial charge in [-0.1, -0.05) is 0 Å². The lowest BCUT2D eigenvalue weighted by Gasteiger charge is -2.49. The Kier molecular flexibility index (Phi) is 16.4. The lowest BCUT2D eigenvalue weighted by Crippen LogP contribution is -2.69. The van der Waals surface area contributed by atoms with Gasteiger partial charge in [0, 0.05) is 20.3 Å². The van der Waals surface area contributed by atoms with Crippen LogP contribution in [0.15, 0.2) is 0 Å². The molecule has 2 amide bonds. The molecule has 0 aromatic rings. The molecule has 16 N–H and O–H groups in total. The first-order valence-electron chi connectivity index (χ1n) is 17.7. The zero-order valence-corrected chi connectivity index (χ0v) is 30.4. The van der Waals surface area contributed by atoms with E-state index in [1.807, 2.05) is 0 Å². The van der Waals surface area contributed by atoms with E-state index in [4.69, 9.17) is 33.2 Å². The maximum atomic E-state index is 12.6. The Balaban J connectivity index is 1.54. The van der Waals surface area contributed by atoms with Crippen molar-refractivity contribution >= 4 is 17.8 Å². The average molecular weight is 837 g/mol. The number of rotatable bonds is 15. The van der Waals surface area contributed by atoms with E-state index in [9.17, 15) is 85.9 Å². The number of ether oxygens (including phenoxy) is 7. The minimum atomic E-state index is -2.91. The van der Waals surface area contributed by atoms with E-state index in [0.29, 0.717) is 0 Å². The number of hydrogen-bond acceptors (Lipinski definition) is 23. The Morgan fingerprint density at radius 2 is 1.26 bits per heavy atom. The van der Waals surface area contributed by atoms with Gasteiger partial charge in [0.15, 0.2) is 18.9 Å². The molecule has 21 atom stereocenters. The molecule has 0 aliphatic carbocycles. The number of aliphatic hydroxyl groups is 13. The Morgan fingerprint density at radius 3 is 1.82 bits per heavy atom. The van der Waals surface area contributed by atoms with Crippen molar-refractivity contribution in [1.29, 1.82) is 0 Å². The summed E-state index contributed by atoms with van der Waals surface area (Å²) in [5, 5.41) is 150. The molecule has 330 valence electrons. The molecular weight excluding hydrogens is 784 g/mol. The second kappa shape index (κ2) is 19.8. The Hall–Kier alpha value is -2.39. The van der Waals surface area contributed by atoms with Crippen molar-refractivity contribution in [1.82, 2.24) is 10.6 Å². The van der Waals surface area contributed by atoms with E-state index in [2.05, 4.69) is 10.6 Å². The number of carbonyl (C=O) groups excluding carboxylic acids is 2. The van der Waals surface area contributed by atoms with Crippen molar-refractivity contribution in [2.75, 3.05) is 26.4 Å². The highest BCUT2D eigenvalue weighted by atomic mass is 16.8. The van der Waals surface area contributed by atoms with Crippen LogP contribution in [0.4, 0.5) is 0 Å². The first kappa shape index (κ1) is 47.3. The standard InChI is InChI=1S/C31H52N2O24/c1-8(37)32-15-10(39)3-31(30(49)50,57-25(15)17(41)11(40)4-34)51-7-14-19(43)21(45)23(47)29(54-14)55-24-13(6-36)53-28(16(20(24)44)33-9(2)38)56-26-22(46)18(42)12(5-35)52-27(26)48/h10-29,34-36,39-48H,3-7H2,1-2H3,(H,32,37)(H,33,38)(H,49,50)/t10-,11+,12+,13+,14+,15+,16+,17+,18+,19-,20+,21-,22-,23+,24+,25+,26-,27+,28-,29-,31+/m0/s1. The zero-order valence-electron chi connectivity index (χ0n) is 30.4. The SMILES string of the molecule is CC(=O)N[C@H]1[C@H](O[C@H]2[C@@H](O)[C@H](O)[C@@H](CO)O[C@H]2O)O[C@H](CO)[C@@H](O[C@@H]2O[C@H](CO[C@]3(C(=O)O)C[C@H](O)[C@@H](NC(C)=O)[C@H]([C@H](O)[C@H](O)CO)O3)[C@H](O)[C@H](O)[C@H]2O)[C@@H]1O. The van der Waals surface area contributed by atoms with Gasteiger partial charge in [-0.05, 0) is 0 Å². The highest BCUT2D eigenvalue weighted by molar-refractivity contribution is 5.76. The normalized spacial score (nSPS) is 45.1. The number of nitrogens with one attached hydrogen (secondary N) is 2. The Labute approximate surface area is 322 Å². The summed E-state index contributed by atoms with van der Waals surface area (Å²) in [6, 6.07) is -3.20. The van der Waals surface area contributed by atoms with Crippen molar-refractivity contribution in [2.45, 2.75) is 149 Å². The largest absolute Gasteiger partial charge is 0.477 e. The summed E-state index contributed by atoms with van der Waals surface area (Å²) in [5.74, 6) is -6.38. The molecule has 4 heterocycles. The van der Waals surface area contributed by atoms with Crippen molar-refractivity contribution < 1.29 is 119 Å². The third-order valence-electron chi connectivity index (χ3n) is 9.98. The van der Waals surface area contributed by atoms with Crippen LogP contribution >= 0.6 is 0 Å². The van der Waals surface area contributed by atoms with Crippen molar-refractivity contribution in [3.63, 3.8) is 0 Å². The number of carboxylic acid groups (broad SMARTS) is 1. The van der Waals surface area contributed by atoms with Gasteiger partial charge in [-0.15, -0.1) is 0 Å². The minimum Gasteiger partial charge on any atom is -0.477 e. The van der Waals surface area contributed by atoms with Gasteiger partial charge in [-0.3, -0.25) is 9.59 Å². The maximum Gasteiger partial charge on any atom is 0.364 e. The first-order chi connectivity index (χ1) is 26.7. The van der Waals surface area contributed by atoms with Gasteiger partial charge in [-0.25, -0.2) is 4.79 Å². The molecule has 0 saturated carbocycles. The van der Waals surface area contributed by atoms with Gasteiger partial charge >= 0.3 is 5.97 Å². The second-order valence-corrected chi connectivity index (χ2v) is 14.1. The summed E-state index contributed by atoms with van der Waals surface area (Å²) in [7, 11) is 0. The molecule has 4 aliphatic rings. The van der Waals surface area contributed by atoms with Gasteiger partial charge in [0.2, 0.25) is 11.8 Å². The van der Waals surface area contributed by atoms with Crippen LogP contribution < -0.4 is 10.6 Å². The predicted octanol–water partition coefficient (Wildman–Crippen LogP) is -10.3. The predicted molar refractivity (Wildman–Crippen MR) is 174 cm³/mol. The van der Waals surface area contributed by atoms with Crippen LogP contribution in [-0.2, 0) is 47.5 Å². The lowest BCUT2D eigenvalue weighted by molar-refractivity contribution is -0.373. The summed E-state index contributed by atoms with van der Waals surface area (Å²) in [5.41, 5.74) is 0. The molecule has 4 saturated heterocycles. The van der Waals surface area contributed by atoms with Gasteiger partial charge < -0.3 is 115 Å². The molecule has 4 rings (SSSR count). The molecule has 0 aromatic heterocycles. The van der Waals surface area contributed by atoms with Gasteiger partial charge in [-0.2, -0.15) is 0 Å². The molecule has 0 spiro atoms. The summed E-state index contributed by atoms with van der Waals surface area (Å²) in [6.07, 6.45) is -35.2. The molecule has 4 fully saturated rings. The van der Waals surface area contributed by atoms with Gasteiger partial charge in [0.25, 0.3) is 5.79 Å². The smallest absolute Gasteiger partial charge is 0.364 e. The third kappa shape index (κ3) is 10.3. The number of amides is 2. The molecule has 0 bridgehead atoms. The fraction of sp³-hybridized carbons (Fsp3) is 0.903. The Morgan fingerprint density at radius 1 is 0.702 bits per heavy atom. The molecule has 0 aromatic carbocycles. The van der Waals surface area contributed by atoms with E-state index >= 15 is 0 Å². The fourth-order valence-corrected chi connectivity index (χ4v) is 6.93. The molecule has 4 aliphatic heterocycles. The monoisotopic (exact) mass is 836 g/mol. The van der Waals surface area contributed by atoms with Crippen LogP contribution in [0.1, 0.15) is 20.3 Å². The summed E-state index contributed by atoms with van der Waals surface area (Å²) < 4.78 is 38.7. The first-order valence-corrected chi connectivity index (χ1v) is 17.7. The topological polar surface area (TPSA) is 423 Å². The van der Waals surface area contributed by atoms with Crippen molar-refractivity contribution in [3.8, 4) is 0 Å². The van der Waals surface area contributed by atoms with Crippen LogP contribution in [0.2, 0.25) is 0 Å². The summed E-state index contributed by atoms with van der Waals surface area (Å²) >= 11 is 0. The molecule has 57 heavy (non-hydrogen) atoms. The maximum absolute atomic E-state index is 12.6. The zero-order chi connectivity index (χ0) is 42.7. The quantitative estimate of drug-likeness (QED) is 0.0728.